The molecule has 0 saturated heterocycles. The van der Waals surface area contributed by atoms with Crippen molar-refractivity contribution in [2.75, 3.05) is 12.4 Å². The lowest BCUT2D eigenvalue weighted by molar-refractivity contribution is 0.0601. The quantitative estimate of drug-likeness (QED) is 0.498. The Balaban J connectivity index is 1.80. The molecule has 2 N–H and O–H groups in total. The largest absolute Gasteiger partial charge is 0.505 e. The van der Waals surface area contributed by atoms with Gasteiger partial charge in [-0.15, -0.1) is 0 Å². The van der Waals surface area contributed by atoms with Gasteiger partial charge < -0.3 is 15.2 Å². The predicted molar refractivity (Wildman–Crippen MR) is 111 cm³/mol. The van der Waals surface area contributed by atoms with Crippen molar-refractivity contribution >= 4 is 22.6 Å². The first kappa shape index (κ1) is 18.4. The number of benzene rings is 2. The van der Waals surface area contributed by atoms with Gasteiger partial charge in [-0.1, -0.05) is 24.3 Å². The summed E-state index contributed by atoms with van der Waals surface area (Å²) < 4.78 is 4.81. The van der Waals surface area contributed by atoms with Gasteiger partial charge in [0.25, 0.3) is 0 Å². The number of anilines is 1. The highest BCUT2D eigenvalue weighted by Gasteiger charge is 2.20. The van der Waals surface area contributed by atoms with Crippen LogP contribution >= 0.6 is 0 Å². The molecule has 29 heavy (non-hydrogen) atoms. The van der Waals surface area contributed by atoms with E-state index >= 15 is 0 Å². The first-order valence-corrected chi connectivity index (χ1v) is 9.09. The van der Waals surface area contributed by atoms with E-state index in [9.17, 15) is 9.90 Å². The molecule has 2 aromatic heterocycles. The topological polar surface area (TPSA) is 84.3 Å². The molecule has 6 nitrogen and oxygen atoms in total. The summed E-state index contributed by atoms with van der Waals surface area (Å²) in [7, 11) is 1.35. The summed E-state index contributed by atoms with van der Waals surface area (Å²) >= 11 is 0. The number of pyridine rings is 2. The van der Waals surface area contributed by atoms with Crippen LogP contribution in [0.2, 0.25) is 0 Å². The minimum absolute atomic E-state index is 0.113. The second-order valence-electron chi connectivity index (χ2n) is 6.51. The molecule has 4 aromatic rings. The Morgan fingerprint density at radius 1 is 1.03 bits per heavy atom. The van der Waals surface area contributed by atoms with E-state index in [-0.39, 0.29) is 11.8 Å². The maximum atomic E-state index is 11.9. The van der Waals surface area contributed by atoms with Crippen molar-refractivity contribution in [1.29, 1.82) is 0 Å². The van der Waals surface area contributed by atoms with Crippen molar-refractivity contribution in [3.63, 3.8) is 0 Å². The number of esters is 1. The second-order valence-corrected chi connectivity index (χ2v) is 6.51. The van der Waals surface area contributed by atoms with Crippen LogP contribution in [0.15, 0.2) is 79.3 Å². The number of methoxy groups -OCH3 is 1. The van der Waals surface area contributed by atoms with E-state index in [0.29, 0.717) is 16.6 Å². The first-order valence-electron chi connectivity index (χ1n) is 9.09. The number of carbonyl (C=O) groups excluding carboxylic acids is 1. The monoisotopic (exact) mass is 385 g/mol. The number of hydrogen-bond donors (Lipinski definition) is 2. The molecule has 0 aliphatic carbocycles. The number of nitrogens with zero attached hydrogens (tertiary/aromatic N) is 2. The Morgan fingerprint density at radius 3 is 2.66 bits per heavy atom. The highest BCUT2D eigenvalue weighted by molar-refractivity contribution is 5.90. The van der Waals surface area contributed by atoms with Crippen molar-refractivity contribution in [2.45, 2.75) is 6.04 Å². The predicted octanol–water partition coefficient (Wildman–Crippen LogP) is 4.32. The Bertz CT molecular complexity index is 1160. The molecule has 1 atom stereocenters. The van der Waals surface area contributed by atoms with Crippen LogP contribution in [0.25, 0.3) is 10.9 Å². The summed E-state index contributed by atoms with van der Waals surface area (Å²) in [6, 6.07) is 18.0. The van der Waals surface area contributed by atoms with Crippen LogP contribution in [-0.2, 0) is 4.74 Å². The van der Waals surface area contributed by atoms with Gasteiger partial charge in [-0.2, -0.15) is 0 Å². The maximum absolute atomic E-state index is 11.9. The molecule has 0 spiro atoms. The number of nitrogens with one attached hydrogen (secondary N) is 1. The molecule has 0 amide bonds. The molecule has 2 heterocycles. The fraction of sp³-hybridized carbons (Fsp3) is 0.0870. The van der Waals surface area contributed by atoms with Gasteiger partial charge in [0, 0.05) is 35.2 Å². The smallest absolute Gasteiger partial charge is 0.337 e. The highest BCUT2D eigenvalue weighted by atomic mass is 16.5. The van der Waals surface area contributed by atoms with E-state index in [4.69, 9.17) is 4.74 Å². The summed E-state index contributed by atoms with van der Waals surface area (Å²) in [5, 5.41) is 15.2. The van der Waals surface area contributed by atoms with E-state index < -0.39 is 5.97 Å². The summed E-state index contributed by atoms with van der Waals surface area (Å²) in [6.07, 6.45) is 5.05. The molecule has 0 aliphatic heterocycles. The van der Waals surface area contributed by atoms with Crippen molar-refractivity contribution in [2.24, 2.45) is 0 Å². The van der Waals surface area contributed by atoms with Gasteiger partial charge in [0.15, 0.2) is 0 Å². The number of carbonyl (C=O) groups is 1. The minimum Gasteiger partial charge on any atom is -0.505 e. The Hall–Kier alpha value is -3.93. The molecule has 0 unspecified atom stereocenters. The summed E-state index contributed by atoms with van der Waals surface area (Å²) in [4.78, 5) is 20.3. The standard InChI is InChI=1S/C23H19N3O3/c1-29-23(28)17-4-2-6-18(14-17)26-20(16-9-12-24-13-10-16)19-8-7-15-5-3-11-25-21(15)22(19)27/h2-14,20,26-27H,1H3/t20-/m0/s1. The van der Waals surface area contributed by atoms with Gasteiger partial charge in [0.1, 0.15) is 11.3 Å². The van der Waals surface area contributed by atoms with Crippen LogP contribution in [0.3, 0.4) is 0 Å². The van der Waals surface area contributed by atoms with Crippen molar-refractivity contribution in [3.8, 4) is 5.75 Å². The molecule has 2 aromatic carbocycles. The number of aromatic hydroxyl groups is 1. The van der Waals surface area contributed by atoms with E-state index in [0.717, 1.165) is 16.6 Å². The van der Waals surface area contributed by atoms with Crippen molar-refractivity contribution in [1.82, 2.24) is 9.97 Å². The zero-order valence-electron chi connectivity index (χ0n) is 15.7. The van der Waals surface area contributed by atoms with Crippen LogP contribution in [0, 0.1) is 0 Å². The average Bonchev–Trinajstić information content (AvgIpc) is 2.78. The van der Waals surface area contributed by atoms with Gasteiger partial charge >= 0.3 is 5.97 Å². The molecule has 0 radical (unpaired) electrons. The molecular formula is C23H19N3O3. The molecule has 4 rings (SSSR count). The van der Waals surface area contributed by atoms with Gasteiger partial charge in [-0.05, 0) is 42.0 Å². The second kappa shape index (κ2) is 7.98. The Morgan fingerprint density at radius 2 is 1.86 bits per heavy atom. The fourth-order valence-electron chi connectivity index (χ4n) is 3.30. The Kier molecular flexibility index (Phi) is 5.07. The molecular weight excluding hydrogens is 366 g/mol. The van der Waals surface area contributed by atoms with Gasteiger partial charge in [0.05, 0.1) is 18.7 Å². The third-order valence-corrected chi connectivity index (χ3v) is 4.72. The van der Waals surface area contributed by atoms with Crippen molar-refractivity contribution in [3.05, 3.63) is 95.9 Å². The van der Waals surface area contributed by atoms with Crippen LogP contribution in [0.5, 0.6) is 5.75 Å². The van der Waals surface area contributed by atoms with Crippen LogP contribution in [0.4, 0.5) is 5.69 Å². The number of fused-ring (bicyclic) bond motifs is 1. The van der Waals surface area contributed by atoms with E-state index in [1.165, 1.54) is 7.11 Å². The summed E-state index contributed by atoms with van der Waals surface area (Å²) in [5.41, 5.74) is 3.28. The molecule has 0 aliphatic rings. The molecule has 6 heteroatoms. The zero-order valence-corrected chi connectivity index (χ0v) is 15.7. The third-order valence-electron chi connectivity index (χ3n) is 4.72. The highest BCUT2D eigenvalue weighted by Crippen LogP contribution is 2.36. The Labute approximate surface area is 167 Å². The summed E-state index contributed by atoms with van der Waals surface area (Å²) in [5.74, 6) is -0.298. The first-order chi connectivity index (χ1) is 14.2. The van der Waals surface area contributed by atoms with E-state index in [1.54, 1.807) is 36.8 Å². The van der Waals surface area contributed by atoms with E-state index in [2.05, 4.69) is 15.3 Å². The zero-order chi connectivity index (χ0) is 20.2. The molecule has 0 fully saturated rings. The normalized spacial score (nSPS) is 11.8. The molecule has 0 bridgehead atoms. The van der Waals surface area contributed by atoms with Crippen molar-refractivity contribution < 1.29 is 14.6 Å². The van der Waals surface area contributed by atoms with Gasteiger partial charge in [-0.25, -0.2) is 4.79 Å². The van der Waals surface area contributed by atoms with E-state index in [1.807, 2.05) is 42.5 Å². The van der Waals surface area contributed by atoms with Gasteiger partial charge in [0.2, 0.25) is 0 Å². The lowest BCUT2D eigenvalue weighted by Gasteiger charge is -2.22. The number of aromatic nitrogens is 2. The lowest BCUT2D eigenvalue weighted by atomic mass is 9.96. The van der Waals surface area contributed by atoms with Crippen LogP contribution in [0.1, 0.15) is 27.5 Å². The average molecular weight is 385 g/mol. The minimum atomic E-state index is -0.410. The van der Waals surface area contributed by atoms with Crippen LogP contribution in [-0.4, -0.2) is 28.2 Å². The number of phenolic OH excluding ortho intramolecular Hbond substituents is 1. The fourth-order valence-corrected chi connectivity index (χ4v) is 3.30. The van der Waals surface area contributed by atoms with Gasteiger partial charge in [-0.3, -0.25) is 9.97 Å². The number of phenols is 1. The molecule has 0 saturated carbocycles. The number of ether oxygens (including phenoxy) is 1. The molecule has 144 valence electrons. The SMILES string of the molecule is COC(=O)c1cccc(N[C@@H](c2ccncc2)c2ccc3cccnc3c2O)c1. The third kappa shape index (κ3) is 3.73. The lowest BCUT2D eigenvalue weighted by Crippen LogP contribution is -2.13. The summed E-state index contributed by atoms with van der Waals surface area (Å²) in [6.45, 7) is 0. The maximum Gasteiger partial charge on any atom is 0.337 e. The number of rotatable bonds is 5. The number of hydrogen-bond acceptors (Lipinski definition) is 6. The van der Waals surface area contributed by atoms with Crippen LogP contribution < -0.4 is 5.32 Å².